The molecule has 0 spiro atoms. The number of hydrogen-bond acceptors (Lipinski definition) is 9. The van der Waals surface area contributed by atoms with Crippen LogP contribution in [0.25, 0.3) is 11.0 Å². The molecule has 2 aliphatic heterocycles. The SMILES string of the molecule is Cc1nc2cccc(F)c2nc1OC1CC2C(=O)NC3(C(=O)NS(=O)(=O)C4CC4)CC3C=CCCCCCC(NC(=O)C3=C(F)CCC=C3)C(=O)N2C1. The molecule has 7 rings (SSSR count). The van der Waals surface area contributed by atoms with E-state index in [1.165, 1.54) is 23.1 Å². The van der Waals surface area contributed by atoms with Crippen LogP contribution in [0.3, 0.4) is 0 Å². The summed E-state index contributed by atoms with van der Waals surface area (Å²) in [6.07, 6.45) is 10.3. The Morgan fingerprint density at radius 2 is 1.87 bits per heavy atom. The topological polar surface area (TPSA) is 177 Å². The minimum absolute atomic E-state index is 0.00748. The van der Waals surface area contributed by atoms with E-state index < -0.39 is 80.2 Å². The Labute approximate surface area is 305 Å². The molecule has 3 fully saturated rings. The lowest BCUT2D eigenvalue weighted by Gasteiger charge is -2.30. The van der Waals surface area contributed by atoms with Crippen molar-refractivity contribution in [2.75, 3.05) is 6.54 Å². The Morgan fingerprint density at radius 3 is 2.64 bits per heavy atom. The molecule has 282 valence electrons. The zero-order chi connectivity index (χ0) is 37.5. The van der Waals surface area contributed by atoms with Crippen molar-refractivity contribution in [2.24, 2.45) is 5.92 Å². The number of sulfonamides is 1. The number of amides is 4. The Morgan fingerprint density at radius 1 is 1.06 bits per heavy atom. The van der Waals surface area contributed by atoms with Crippen LogP contribution >= 0.6 is 0 Å². The fourth-order valence-corrected chi connectivity index (χ4v) is 8.67. The van der Waals surface area contributed by atoms with Crippen LogP contribution in [0, 0.1) is 18.7 Å². The van der Waals surface area contributed by atoms with Gasteiger partial charge in [-0.3, -0.25) is 23.9 Å². The number of nitrogens with zero attached hydrogens (tertiary/aromatic N) is 3. The number of carbonyl (C=O) groups excluding carboxylic acids is 4. The minimum atomic E-state index is -3.93. The van der Waals surface area contributed by atoms with E-state index in [0.717, 1.165) is 6.42 Å². The number of carbonyl (C=O) groups is 4. The number of aromatic nitrogens is 2. The lowest BCUT2D eigenvalue weighted by molar-refractivity contribution is -0.142. The molecule has 16 heteroatoms. The smallest absolute Gasteiger partial charge is 0.259 e. The van der Waals surface area contributed by atoms with Crippen molar-refractivity contribution >= 4 is 44.7 Å². The van der Waals surface area contributed by atoms with E-state index >= 15 is 0 Å². The van der Waals surface area contributed by atoms with Gasteiger partial charge in [0.15, 0.2) is 5.82 Å². The van der Waals surface area contributed by atoms with E-state index in [2.05, 4.69) is 25.3 Å². The molecule has 5 aliphatic rings. The molecule has 1 aromatic heterocycles. The van der Waals surface area contributed by atoms with Crippen LogP contribution in [0.15, 0.2) is 53.9 Å². The molecule has 1 aromatic carbocycles. The van der Waals surface area contributed by atoms with E-state index in [1.54, 1.807) is 19.1 Å². The first-order valence-corrected chi connectivity index (χ1v) is 19.7. The molecule has 0 radical (unpaired) electrons. The summed E-state index contributed by atoms with van der Waals surface area (Å²) in [5.41, 5.74) is -1.07. The van der Waals surface area contributed by atoms with Gasteiger partial charge in [0.1, 0.15) is 40.8 Å². The van der Waals surface area contributed by atoms with Gasteiger partial charge in [-0.2, -0.15) is 0 Å². The fraction of sp³-hybridized carbons (Fsp3) is 0.514. The van der Waals surface area contributed by atoms with E-state index in [0.29, 0.717) is 49.7 Å². The highest BCUT2D eigenvalue weighted by Gasteiger charge is 2.62. The second kappa shape index (κ2) is 14.6. The normalized spacial score (nSPS) is 28.0. The molecule has 4 amide bonds. The Bertz CT molecular complexity index is 2050. The molecule has 3 aliphatic carbocycles. The van der Waals surface area contributed by atoms with E-state index in [4.69, 9.17) is 4.74 Å². The van der Waals surface area contributed by atoms with E-state index in [9.17, 15) is 36.4 Å². The van der Waals surface area contributed by atoms with Gasteiger partial charge in [0.05, 0.1) is 22.9 Å². The lowest BCUT2D eigenvalue weighted by Crippen LogP contribution is -2.58. The maximum absolute atomic E-state index is 14.7. The third kappa shape index (κ3) is 7.69. The van der Waals surface area contributed by atoms with Crippen LogP contribution in [0.2, 0.25) is 0 Å². The van der Waals surface area contributed by atoms with Crippen molar-refractivity contribution in [3.05, 3.63) is 65.4 Å². The highest BCUT2D eigenvalue weighted by molar-refractivity contribution is 7.91. The molecule has 13 nitrogen and oxygen atoms in total. The first kappa shape index (κ1) is 36.6. The highest BCUT2D eigenvalue weighted by atomic mass is 32.2. The summed E-state index contributed by atoms with van der Waals surface area (Å²) in [7, 11) is -3.93. The summed E-state index contributed by atoms with van der Waals surface area (Å²) < 4.78 is 63.3. The first-order valence-electron chi connectivity index (χ1n) is 18.2. The van der Waals surface area contributed by atoms with Crippen molar-refractivity contribution in [3.63, 3.8) is 0 Å². The third-order valence-electron chi connectivity index (χ3n) is 10.6. The van der Waals surface area contributed by atoms with Gasteiger partial charge >= 0.3 is 0 Å². The number of rotatable bonds is 7. The van der Waals surface area contributed by atoms with Crippen molar-refractivity contribution in [1.82, 2.24) is 30.2 Å². The predicted octanol–water partition coefficient (Wildman–Crippen LogP) is 3.49. The number of aryl methyl sites for hydroxylation is 1. The van der Waals surface area contributed by atoms with Gasteiger partial charge < -0.3 is 20.3 Å². The number of nitrogens with one attached hydrogen (secondary N) is 3. The van der Waals surface area contributed by atoms with Crippen LogP contribution in [0.1, 0.15) is 76.3 Å². The second-order valence-electron chi connectivity index (χ2n) is 14.5. The summed E-state index contributed by atoms with van der Waals surface area (Å²) in [6.45, 7) is 1.49. The third-order valence-corrected chi connectivity index (χ3v) is 12.4. The largest absolute Gasteiger partial charge is 0.471 e. The number of benzene rings is 1. The Kier molecular flexibility index (Phi) is 10.1. The van der Waals surface area contributed by atoms with Crippen LogP contribution in [0.4, 0.5) is 8.78 Å². The van der Waals surface area contributed by atoms with Crippen LogP contribution in [0.5, 0.6) is 5.88 Å². The number of allylic oxidation sites excluding steroid dienone is 3. The molecule has 2 saturated carbocycles. The van der Waals surface area contributed by atoms with Gasteiger partial charge in [0.25, 0.3) is 11.8 Å². The van der Waals surface area contributed by atoms with Crippen LogP contribution < -0.4 is 20.1 Å². The zero-order valence-corrected chi connectivity index (χ0v) is 30.1. The summed E-state index contributed by atoms with van der Waals surface area (Å²) in [6, 6.07) is 2.02. The quantitative estimate of drug-likeness (QED) is 0.358. The Balaban J connectivity index is 1.20. The monoisotopic (exact) mass is 752 g/mol. The first-order chi connectivity index (χ1) is 25.4. The number of halogens is 2. The van der Waals surface area contributed by atoms with Gasteiger partial charge in [-0.05, 0) is 64.0 Å². The van der Waals surface area contributed by atoms with Crippen molar-refractivity contribution in [3.8, 4) is 5.88 Å². The van der Waals surface area contributed by atoms with Gasteiger partial charge in [-0.15, -0.1) is 0 Å². The van der Waals surface area contributed by atoms with Crippen molar-refractivity contribution in [2.45, 2.75) is 107 Å². The zero-order valence-electron chi connectivity index (χ0n) is 29.3. The highest BCUT2D eigenvalue weighted by Crippen LogP contribution is 2.46. The molecule has 2 aromatic rings. The average molecular weight is 753 g/mol. The van der Waals surface area contributed by atoms with Gasteiger partial charge in [-0.25, -0.2) is 27.2 Å². The number of ether oxygens (including phenoxy) is 1. The van der Waals surface area contributed by atoms with Gasteiger partial charge in [-0.1, -0.05) is 43.2 Å². The second-order valence-corrected chi connectivity index (χ2v) is 16.5. The maximum atomic E-state index is 14.7. The Hall–Kier alpha value is -4.73. The number of fused-ring (bicyclic) bond motifs is 3. The summed E-state index contributed by atoms with van der Waals surface area (Å²) in [5, 5.41) is 4.85. The summed E-state index contributed by atoms with van der Waals surface area (Å²) in [4.78, 5) is 65.8. The lowest BCUT2D eigenvalue weighted by atomic mass is 10.0. The molecule has 1 saturated heterocycles. The number of para-hydroxylation sites is 1. The van der Waals surface area contributed by atoms with Gasteiger partial charge in [0.2, 0.25) is 27.7 Å². The maximum Gasteiger partial charge on any atom is 0.259 e. The minimum Gasteiger partial charge on any atom is -0.471 e. The van der Waals surface area contributed by atoms with Gasteiger partial charge in [0, 0.05) is 18.8 Å². The molecule has 3 heterocycles. The van der Waals surface area contributed by atoms with Crippen molar-refractivity contribution < 1.29 is 41.1 Å². The summed E-state index contributed by atoms with van der Waals surface area (Å²) >= 11 is 0. The molecule has 3 N–H and O–H groups in total. The van der Waals surface area contributed by atoms with Crippen molar-refractivity contribution in [1.29, 1.82) is 0 Å². The molecule has 5 unspecified atom stereocenters. The molecular weight excluding hydrogens is 711 g/mol. The predicted molar refractivity (Wildman–Crippen MR) is 188 cm³/mol. The average Bonchev–Trinajstić information content (AvgIpc) is 4.04. The fourth-order valence-electron chi connectivity index (χ4n) is 7.30. The van der Waals surface area contributed by atoms with Crippen LogP contribution in [-0.4, -0.2) is 82.4 Å². The molecule has 53 heavy (non-hydrogen) atoms. The standard InChI is InChI=1S/C37H42F2N6O7S/c1-21-34(42-31-27(39)13-9-15-28(31)40-21)52-23-18-30-33(47)43-37(36(49)44-53(50,51)24-16-17-24)19-22(37)10-5-3-2-4-6-14-29(35(48)45(30)20-23)41-32(46)25-11-7-8-12-26(25)38/h5,7,9-11,13,15,22-24,29-30H,2-4,6,8,12,14,16-20H2,1H3,(H,41,46)(H,43,47)(H,44,49). The molecule has 0 bridgehead atoms. The summed E-state index contributed by atoms with van der Waals surface area (Å²) in [5.74, 6) is -4.56. The number of hydrogen-bond donors (Lipinski definition) is 3. The van der Waals surface area contributed by atoms with Crippen LogP contribution in [-0.2, 0) is 29.2 Å². The van der Waals surface area contributed by atoms with E-state index in [-0.39, 0.29) is 49.2 Å². The van der Waals surface area contributed by atoms with E-state index in [1.807, 2.05) is 12.2 Å². The molecule has 5 atom stereocenters. The molecular formula is C37H42F2N6O7S.